The van der Waals surface area contributed by atoms with E-state index in [-0.39, 0.29) is 71.7 Å². The highest BCUT2D eigenvalue weighted by Crippen LogP contribution is 2.49. The molecule has 0 unspecified atom stereocenters. The Labute approximate surface area is 211 Å². The zero-order valence-electron chi connectivity index (χ0n) is 20.8. The van der Waals surface area contributed by atoms with Gasteiger partial charge in [-0.25, -0.2) is 0 Å². The van der Waals surface area contributed by atoms with Gasteiger partial charge in [0.2, 0.25) is 23.6 Å². The molecule has 0 aromatic carbocycles. The predicted molar refractivity (Wildman–Crippen MR) is 125 cm³/mol. The van der Waals surface area contributed by atoms with Gasteiger partial charge in [-0.2, -0.15) is 0 Å². The summed E-state index contributed by atoms with van der Waals surface area (Å²) in [6.45, 7) is 6.61. The van der Waals surface area contributed by atoms with E-state index in [2.05, 4.69) is 9.80 Å². The van der Waals surface area contributed by atoms with Crippen LogP contribution in [0.5, 0.6) is 0 Å². The molecule has 10 heteroatoms. The average Bonchev–Trinajstić information content (AvgIpc) is 3.72. The van der Waals surface area contributed by atoms with Crippen molar-refractivity contribution in [3.05, 3.63) is 0 Å². The number of amides is 4. The second-order valence-corrected chi connectivity index (χ2v) is 11.7. The van der Waals surface area contributed by atoms with Crippen molar-refractivity contribution in [3.63, 3.8) is 0 Å². The SMILES string of the molecule is O=C1[C@@H]2[C@H](C(=O)N1CCCN1CCN(CCCN3C(=O)[C@H]4[C@H](C3=O)[C@H]3CC[C@H]4O3)CC1)[C@H]1CC[C@H]2O1. The summed E-state index contributed by atoms with van der Waals surface area (Å²) in [6.07, 6.45) is 5.07. The van der Waals surface area contributed by atoms with E-state index in [4.69, 9.17) is 9.47 Å². The third-order valence-electron chi connectivity index (χ3n) is 9.93. The molecule has 10 nitrogen and oxygen atoms in total. The van der Waals surface area contributed by atoms with Crippen LogP contribution in [-0.4, -0.2) is 120 Å². The number of nitrogens with zero attached hydrogens (tertiary/aromatic N) is 4. The molecule has 7 rings (SSSR count). The first kappa shape index (κ1) is 23.3. The van der Waals surface area contributed by atoms with Gasteiger partial charge in [-0.3, -0.25) is 29.0 Å². The lowest BCUT2D eigenvalue weighted by Crippen LogP contribution is -2.47. The Bertz CT molecular complexity index is 834. The largest absolute Gasteiger partial charge is 0.373 e. The van der Waals surface area contributed by atoms with E-state index in [0.29, 0.717) is 13.1 Å². The number of hydrogen-bond acceptors (Lipinski definition) is 8. The van der Waals surface area contributed by atoms with Gasteiger partial charge in [0, 0.05) is 39.3 Å². The lowest BCUT2D eigenvalue weighted by Gasteiger charge is -2.35. The Morgan fingerprint density at radius 1 is 0.500 bits per heavy atom. The van der Waals surface area contributed by atoms with E-state index in [1.54, 1.807) is 0 Å². The Morgan fingerprint density at radius 3 is 1.11 bits per heavy atom. The standard InChI is InChI=1S/C26H36N4O6/c31-23-19-15-3-4-16(35-15)20(19)24(32)29(23)9-1-7-27-11-13-28(14-12-27)8-2-10-30-25(33)21-17-5-6-18(36-17)22(21)26(30)34/h15-22H,1-14H2/t15-,16-,17-,18-,19-,20-,21-,22+/m1/s1. The van der Waals surface area contributed by atoms with Crippen LogP contribution in [-0.2, 0) is 28.7 Å². The van der Waals surface area contributed by atoms with Gasteiger partial charge in [0.25, 0.3) is 0 Å². The van der Waals surface area contributed by atoms with Gasteiger partial charge >= 0.3 is 0 Å². The number of carbonyl (C=O) groups is 4. The number of fused-ring (bicyclic) bond motifs is 10. The van der Waals surface area contributed by atoms with Gasteiger partial charge in [-0.15, -0.1) is 0 Å². The van der Waals surface area contributed by atoms with Crippen molar-refractivity contribution in [3.8, 4) is 0 Å². The van der Waals surface area contributed by atoms with Gasteiger partial charge in [0.15, 0.2) is 0 Å². The molecule has 8 atom stereocenters. The van der Waals surface area contributed by atoms with Gasteiger partial charge in [-0.1, -0.05) is 0 Å². The van der Waals surface area contributed by atoms with Gasteiger partial charge in [0.05, 0.1) is 48.1 Å². The molecule has 7 heterocycles. The van der Waals surface area contributed by atoms with Crippen LogP contribution in [0.25, 0.3) is 0 Å². The monoisotopic (exact) mass is 500 g/mol. The maximum Gasteiger partial charge on any atom is 0.235 e. The van der Waals surface area contributed by atoms with Crippen LogP contribution in [0.2, 0.25) is 0 Å². The number of rotatable bonds is 8. The quantitative estimate of drug-likeness (QED) is 0.420. The summed E-state index contributed by atoms with van der Waals surface area (Å²) in [7, 11) is 0. The number of piperazine rings is 1. The van der Waals surface area contributed by atoms with Crippen LogP contribution in [0.3, 0.4) is 0 Å². The summed E-state index contributed by atoms with van der Waals surface area (Å²) in [6, 6.07) is 0. The Morgan fingerprint density at radius 2 is 0.806 bits per heavy atom. The number of carbonyl (C=O) groups excluding carboxylic acids is 4. The van der Waals surface area contributed by atoms with E-state index in [1.807, 2.05) is 0 Å². The van der Waals surface area contributed by atoms with Crippen molar-refractivity contribution in [2.45, 2.75) is 62.9 Å². The highest BCUT2D eigenvalue weighted by Gasteiger charge is 2.63. The molecular weight excluding hydrogens is 464 g/mol. The number of likely N-dealkylation sites (tertiary alicyclic amines) is 2. The van der Waals surface area contributed by atoms with Crippen molar-refractivity contribution in [1.82, 2.24) is 19.6 Å². The Balaban J connectivity index is 0.817. The minimum Gasteiger partial charge on any atom is -0.373 e. The van der Waals surface area contributed by atoms with E-state index in [9.17, 15) is 19.2 Å². The van der Waals surface area contributed by atoms with Crippen LogP contribution < -0.4 is 0 Å². The van der Waals surface area contributed by atoms with Crippen LogP contribution in [0.1, 0.15) is 38.5 Å². The fraction of sp³-hybridized carbons (Fsp3) is 0.846. The topological polar surface area (TPSA) is 99.7 Å². The van der Waals surface area contributed by atoms with Crippen molar-refractivity contribution in [2.24, 2.45) is 23.7 Å². The molecule has 36 heavy (non-hydrogen) atoms. The molecule has 0 saturated carbocycles. The minimum absolute atomic E-state index is 0.0132. The van der Waals surface area contributed by atoms with Gasteiger partial charge < -0.3 is 19.3 Å². The van der Waals surface area contributed by atoms with Crippen molar-refractivity contribution in [2.75, 3.05) is 52.4 Å². The van der Waals surface area contributed by atoms with Crippen molar-refractivity contribution >= 4 is 23.6 Å². The molecule has 7 fully saturated rings. The highest BCUT2D eigenvalue weighted by atomic mass is 16.5. The first-order valence-corrected chi connectivity index (χ1v) is 14.0. The molecule has 0 radical (unpaired) electrons. The summed E-state index contributed by atoms with van der Waals surface area (Å²) in [5, 5.41) is 0. The third-order valence-corrected chi connectivity index (χ3v) is 9.93. The summed E-state index contributed by atoms with van der Waals surface area (Å²) >= 11 is 0. The molecule has 0 spiro atoms. The molecule has 4 amide bonds. The first-order chi connectivity index (χ1) is 17.5. The maximum absolute atomic E-state index is 12.8. The smallest absolute Gasteiger partial charge is 0.235 e. The van der Waals surface area contributed by atoms with Gasteiger partial charge in [0.1, 0.15) is 0 Å². The van der Waals surface area contributed by atoms with Crippen LogP contribution >= 0.6 is 0 Å². The normalized spacial score (nSPS) is 41.9. The zero-order chi connectivity index (χ0) is 24.6. The fourth-order valence-electron chi connectivity index (χ4n) is 8.13. The predicted octanol–water partition coefficient (Wildman–Crippen LogP) is -0.291. The average molecular weight is 501 g/mol. The van der Waals surface area contributed by atoms with Crippen molar-refractivity contribution < 1.29 is 28.7 Å². The summed E-state index contributed by atoms with van der Waals surface area (Å²) in [5.41, 5.74) is 0. The lowest BCUT2D eigenvalue weighted by atomic mass is 9.81. The summed E-state index contributed by atoms with van der Waals surface area (Å²) in [5.74, 6) is -0.964. The van der Waals surface area contributed by atoms with E-state index in [0.717, 1.165) is 77.8 Å². The fourth-order valence-corrected chi connectivity index (χ4v) is 8.13. The van der Waals surface area contributed by atoms with Gasteiger partial charge in [-0.05, 0) is 51.6 Å². The first-order valence-electron chi connectivity index (χ1n) is 14.0. The van der Waals surface area contributed by atoms with Crippen LogP contribution in [0.4, 0.5) is 0 Å². The van der Waals surface area contributed by atoms with Crippen LogP contribution in [0.15, 0.2) is 0 Å². The molecule has 0 aliphatic carbocycles. The molecule has 7 aliphatic heterocycles. The number of ether oxygens (including phenoxy) is 2. The number of imide groups is 2. The summed E-state index contributed by atoms with van der Waals surface area (Å²) < 4.78 is 11.6. The minimum atomic E-state index is -0.228. The Kier molecular flexibility index (Phi) is 5.72. The summed E-state index contributed by atoms with van der Waals surface area (Å²) in [4.78, 5) is 59.0. The van der Waals surface area contributed by atoms with E-state index < -0.39 is 0 Å². The number of hydrogen-bond donors (Lipinski definition) is 0. The van der Waals surface area contributed by atoms with Crippen LogP contribution in [0, 0.1) is 23.7 Å². The molecule has 196 valence electrons. The maximum atomic E-state index is 12.8. The third kappa shape index (κ3) is 3.51. The van der Waals surface area contributed by atoms with E-state index in [1.165, 1.54) is 9.80 Å². The second-order valence-electron chi connectivity index (χ2n) is 11.7. The molecule has 4 bridgehead atoms. The van der Waals surface area contributed by atoms with E-state index >= 15 is 0 Å². The molecule has 7 aliphatic rings. The molecular formula is C26H36N4O6. The molecule has 0 aromatic rings. The molecule has 0 aromatic heterocycles. The van der Waals surface area contributed by atoms with Crippen molar-refractivity contribution in [1.29, 1.82) is 0 Å². The molecule has 0 N–H and O–H groups in total. The molecule has 7 saturated heterocycles. The second kappa shape index (κ2) is 8.85. The Hall–Kier alpha value is -1.88. The highest BCUT2D eigenvalue weighted by molar-refractivity contribution is 6.07. The zero-order valence-corrected chi connectivity index (χ0v) is 20.8. The lowest BCUT2D eigenvalue weighted by molar-refractivity contribution is -0.144.